The van der Waals surface area contributed by atoms with Gasteiger partial charge in [-0.1, -0.05) is 48.5 Å². The van der Waals surface area contributed by atoms with Crippen LogP contribution in [0.3, 0.4) is 0 Å². The van der Waals surface area contributed by atoms with Gasteiger partial charge in [-0.15, -0.1) is 0 Å². The first-order valence-electron chi connectivity index (χ1n) is 6.24. The Morgan fingerprint density at radius 3 is 2.56 bits per heavy atom. The SMILES string of the molecule is O[C@H](CCCCC1=CC=CC1)C1=CC=CC1. The Balaban J connectivity index is 1.57. The molecule has 1 atom stereocenters. The van der Waals surface area contributed by atoms with Gasteiger partial charge in [0, 0.05) is 0 Å². The van der Waals surface area contributed by atoms with Crippen LogP contribution in [-0.4, -0.2) is 11.2 Å². The lowest BCUT2D eigenvalue weighted by Crippen LogP contribution is -2.08. The summed E-state index contributed by atoms with van der Waals surface area (Å²) in [6, 6.07) is 0. The maximum atomic E-state index is 9.91. The number of rotatable bonds is 6. The van der Waals surface area contributed by atoms with Crippen LogP contribution in [0, 0.1) is 0 Å². The van der Waals surface area contributed by atoms with Crippen molar-refractivity contribution in [2.75, 3.05) is 0 Å². The molecular formula is C15H20O. The first-order chi connectivity index (χ1) is 7.86. The molecule has 2 aliphatic rings. The highest BCUT2D eigenvalue weighted by Crippen LogP contribution is 2.21. The Hall–Kier alpha value is -1.08. The normalized spacial score (nSPS) is 20.1. The lowest BCUT2D eigenvalue weighted by Gasteiger charge is -2.11. The molecule has 0 aromatic rings. The molecule has 0 fully saturated rings. The van der Waals surface area contributed by atoms with E-state index in [0.717, 1.165) is 25.7 Å². The lowest BCUT2D eigenvalue weighted by atomic mass is 10.0. The summed E-state index contributed by atoms with van der Waals surface area (Å²) in [4.78, 5) is 0. The van der Waals surface area contributed by atoms with Crippen molar-refractivity contribution >= 4 is 0 Å². The number of hydrogen-bond donors (Lipinski definition) is 1. The van der Waals surface area contributed by atoms with Crippen molar-refractivity contribution < 1.29 is 5.11 Å². The van der Waals surface area contributed by atoms with Crippen LogP contribution in [-0.2, 0) is 0 Å². The van der Waals surface area contributed by atoms with Gasteiger partial charge in [0.05, 0.1) is 6.10 Å². The van der Waals surface area contributed by atoms with E-state index in [-0.39, 0.29) is 6.10 Å². The summed E-state index contributed by atoms with van der Waals surface area (Å²) in [5, 5.41) is 9.91. The fraction of sp³-hybridized carbons (Fsp3) is 0.467. The van der Waals surface area contributed by atoms with Gasteiger partial charge in [-0.2, -0.15) is 0 Å². The summed E-state index contributed by atoms with van der Waals surface area (Å²) >= 11 is 0. The average molecular weight is 216 g/mol. The van der Waals surface area contributed by atoms with Crippen LogP contribution < -0.4 is 0 Å². The number of aliphatic hydroxyl groups excluding tert-OH is 1. The summed E-state index contributed by atoms with van der Waals surface area (Å²) < 4.78 is 0. The van der Waals surface area contributed by atoms with E-state index in [1.54, 1.807) is 0 Å². The monoisotopic (exact) mass is 216 g/mol. The molecule has 16 heavy (non-hydrogen) atoms. The van der Waals surface area contributed by atoms with Crippen molar-refractivity contribution in [3.05, 3.63) is 47.6 Å². The van der Waals surface area contributed by atoms with Gasteiger partial charge in [0.15, 0.2) is 0 Å². The van der Waals surface area contributed by atoms with Gasteiger partial charge in [-0.05, 0) is 37.7 Å². The van der Waals surface area contributed by atoms with Gasteiger partial charge < -0.3 is 5.11 Å². The summed E-state index contributed by atoms with van der Waals surface area (Å²) in [5.41, 5.74) is 2.72. The smallest absolute Gasteiger partial charge is 0.0756 e. The highest BCUT2D eigenvalue weighted by atomic mass is 16.3. The largest absolute Gasteiger partial charge is 0.389 e. The number of allylic oxidation sites excluding steroid dienone is 7. The summed E-state index contributed by atoms with van der Waals surface area (Å²) in [6.45, 7) is 0. The van der Waals surface area contributed by atoms with Gasteiger partial charge in [0.1, 0.15) is 0 Å². The molecule has 0 heterocycles. The standard InChI is InChI=1S/C15H20O/c16-15(14-10-4-5-11-14)12-6-3-9-13-7-1-2-8-13/h1-2,4-5,7,10,15-16H,3,6,8-9,11-12H2/t15-/m1/s1. The molecule has 0 saturated carbocycles. The average Bonchev–Trinajstić information content (AvgIpc) is 2.96. The van der Waals surface area contributed by atoms with Crippen LogP contribution in [0.2, 0.25) is 0 Å². The molecule has 1 heteroatoms. The molecule has 0 saturated heterocycles. The zero-order valence-corrected chi connectivity index (χ0v) is 9.73. The van der Waals surface area contributed by atoms with Crippen molar-refractivity contribution in [2.45, 2.75) is 44.6 Å². The molecule has 2 rings (SSSR count). The van der Waals surface area contributed by atoms with Crippen LogP contribution in [0.4, 0.5) is 0 Å². The zero-order chi connectivity index (χ0) is 11.2. The molecule has 0 radical (unpaired) electrons. The van der Waals surface area contributed by atoms with Crippen LogP contribution in [0.5, 0.6) is 0 Å². The quantitative estimate of drug-likeness (QED) is 0.671. The van der Waals surface area contributed by atoms with E-state index >= 15 is 0 Å². The molecule has 0 unspecified atom stereocenters. The van der Waals surface area contributed by atoms with E-state index in [9.17, 15) is 5.11 Å². The highest BCUT2D eigenvalue weighted by Gasteiger charge is 2.11. The fourth-order valence-corrected chi connectivity index (χ4v) is 2.26. The molecule has 0 amide bonds. The third kappa shape index (κ3) is 3.21. The number of hydrogen-bond acceptors (Lipinski definition) is 1. The third-order valence-electron chi connectivity index (χ3n) is 3.30. The molecule has 86 valence electrons. The van der Waals surface area contributed by atoms with Crippen molar-refractivity contribution in [3.63, 3.8) is 0 Å². The van der Waals surface area contributed by atoms with Gasteiger partial charge in [-0.25, -0.2) is 0 Å². The van der Waals surface area contributed by atoms with Crippen molar-refractivity contribution in [1.82, 2.24) is 0 Å². The molecule has 0 spiro atoms. The molecule has 2 aliphatic carbocycles. The zero-order valence-electron chi connectivity index (χ0n) is 9.73. The van der Waals surface area contributed by atoms with E-state index in [0.29, 0.717) is 0 Å². The molecule has 0 aromatic heterocycles. The second kappa shape index (κ2) is 5.86. The number of unbranched alkanes of at least 4 members (excludes halogenated alkanes) is 1. The van der Waals surface area contributed by atoms with E-state index in [1.165, 1.54) is 24.0 Å². The van der Waals surface area contributed by atoms with Crippen molar-refractivity contribution in [3.8, 4) is 0 Å². The minimum absolute atomic E-state index is 0.217. The molecule has 0 bridgehead atoms. The summed E-state index contributed by atoms with van der Waals surface area (Å²) in [6.07, 6.45) is 19.0. The Morgan fingerprint density at radius 1 is 1.06 bits per heavy atom. The Bertz CT molecular complexity index is 344. The maximum Gasteiger partial charge on any atom is 0.0756 e. The molecule has 1 N–H and O–H groups in total. The van der Waals surface area contributed by atoms with Crippen molar-refractivity contribution in [2.24, 2.45) is 0 Å². The van der Waals surface area contributed by atoms with Crippen molar-refractivity contribution in [1.29, 1.82) is 0 Å². The van der Waals surface area contributed by atoms with Gasteiger partial charge in [0.25, 0.3) is 0 Å². The minimum Gasteiger partial charge on any atom is -0.389 e. The van der Waals surface area contributed by atoms with E-state index in [1.807, 2.05) is 12.2 Å². The predicted octanol–water partition coefficient (Wildman–Crippen LogP) is 3.68. The van der Waals surface area contributed by atoms with Gasteiger partial charge >= 0.3 is 0 Å². The maximum absolute atomic E-state index is 9.91. The fourth-order valence-electron chi connectivity index (χ4n) is 2.26. The summed E-state index contributed by atoms with van der Waals surface area (Å²) in [5.74, 6) is 0. The Kier molecular flexibility index (Phi) is 4.17. The second-order valence-electron chi connectivity index (χ2n) is 4.59. The molecule has 0 aliphatic heterocycles. The van der Waals surface area contributed by atoms with E-state index in [2.05, 4.69) is 24.3 Å². The van der Waals surface area contributed by atoms with Crippen LogP contribution in [0.1, 0.15) is 38.5 Å². The summed E-state index contributed by atoms with van der Waals surface area (Å²) in [7, 11) is 0. The van der Waals surface area contributed by atoms with Crippen LogP contribution in [0.15, 0.2) is 47.6 Å². The third-order valence-corrected chi connectivity index (χ3v) is 3.30. The number of aliphatic hydroxyl groups is 1. The predicted molar refractivity (Wildman–Crippen MR) is 68.2 cm³/mol. The first kappa shape index (κ1) is 11.4. The lowest BCUT2D eigenvalue weighted by molar-refractivity contribution is 0.194. The second-order valence-corrected chi connectivity index (χ2v) is 4.59. The molecular weight excluding hydrogens is 196 g/mol. The molecule has 0 aromatic carbocycles. The topological polar surface area (TPSA) is 20.2 Å². The van der Waals surface area contributed by atoms with Gasteiger partial charge in [0.2, 0.25) is 0 Å². The van der Waals surface area contributed by atoms with Crippen LogP contribution >= 0.6 is 0 Å². The Morgan fingerprint density at radius 2 is 1.88 bits per heavy atom. The highest BCUT2D eigenvalue weighted by molar-refractivity contribution is 5.26. The first-order valence-corrected chi connectivity index (χ1v) is 6.24. The Labute approximate surface area is 97.9 Å². The van der Waals surface area contributed by atoms with E-state index in [4.69, 9.17) is 0 Å². The van der Waals surface area contributed by atoms with E-state index < -0.39 is 0 Å². The van der Waals surface area contributed by atoms with Crippen LogP contribution in [0.25, 0.3) is 0 Å². The molecule has 1 nitrogen and oxygen atoms in total. The van der Waals surface area contributed by atoms with Gasteiger partial charge in [-0.3, -0.25) is 0 Å². The minimum atomic E-state index is -0.217.